The molecule has 6 heteroatoms. The molecule has 0 unspecified atom stereocenters. The van der Waals surface area contributed by atoms with Crippen molar-refractivity contribution >= 4 is 12.2 Å². The van der Waals surface area contributed by atoms with Crippen molar-refractivity contribution in [3.8, 4) is 22.9 Å². The highest BCUT2D eigenvalue weighted by Gasteiger charge is 2.15. The number of nitrogens with one attached hydrogen (secondary N) is 1. The fourth-order valence-electron chi connectivity index (χ4n) is 1.65. The molecule has 1 N–H and O–H groups in total. The van der Waals surface area contributed by atoms with Crippen molar-refractivity contribution in [3.05, 3.63) is 23.0 Å². The second kappa shape index (κ2) is 4.58. The molecule has 0 spiro atoms. The Hall–Kier alpha value is -1.82. The van der Waals surface area contributed by atoms with Crippen molar-refractivity contribution in [3.63, 3.8) is 0 Å². The van der Waals surface area contributed by atoms with Crippen LogP contribution in [0, 0.1) is 4.77 Å². The number of methoxy groups -OCH3 is 2. The molecule has 17 heavy (non-hydrogen) atoms. The van der Waals surface area contributed by atoms with Gasteiger partial charge >= 0.3 is 0 Å². The van der Waals surface area contributed by atoms with Crippen molar-refractivity contribution in [1.29, 1.82) is 0 Å². The Kier molecular flexibility index (Phi) is 3.14. The molecule has 0 atom stereocenters. The molecule has 0 radical (unpaired) electrons. The zero-order valence-electron chi connectivity index (χ0n) is 9.85. The summed E-state index contributed by atoms with van der Waals surface area (Å²) in [7, 11) is 5.05. The molecule has 1 aromatic carbocycles. The minimum Gasteiger partial charge on any atom is -0.493 e. The first-order valence-electron chi connectivity index (χ1n) is 5.01. The van der Waals surface area contributed by atoms with E-state index in [1.807, 2.05) is 25.2 Å². The Morgan fingerprint density at radius 3 is 2.59 bits per heavy atom. The molecule has 90 valence electrons. The summed E-state index contributed by atoms with van der Waals surface area (Å²) in [6.07, 6.45) is 0. The molecule has 2 aromatic rings. The van der Waals surface area contributed by atoms with E-state index >= 15 is 0 Å². The zero-order valence-corrected chi connectivity index (χ0v) is 10.7. The molecule has 0 bridgehead atoms. The van der Waals surface area contributed by atoms with Crippen LogP contribution in [-0.4, -0.2) is 29.0 Å². The highest BCUT2D eigenvalue weighted by atomic mass is 32.1. The van der Waals surface area contributed by atoms with E-state index in [-0.39, 0.29) is 0 Å². The highest BCUT2D eigenvalue weighted by Crippen LogP contribution is 2.36. The van der Waals surface area contributed by atoms with E-state index in [9.17, 15) is 0 Å². The Balaban J connectivity index is 2.67. The standard InChI is InChI=1S/C11H13N3O2S/c1-14-10(12-13-11(14)17)7-5-4-6-8(15-2)9(7)16-3/h4-6H,1-3H3,(H,13,17). The third-order valence-corrected chi connectivity index (χ3v) is 2.89. The number of ether oxygens (including phenoxy) is 2. The molecule has 0 saturated heterocycles. The van der Waals surface area contributed by atoms with E-state index in [1.165, 1.54) is 0 Å². The zero-order chi connectivity index (χ0) is 12.4. The first-order chi connectivity index (χ1) is 8.19. The van der Waals surface area contributed by atoms with Crippen LogP contribution in [0.25, 0.3) is 11.4 Å². The predicted octanol–water partition coefficient (Wildman–Crippen LogP) is 2.16. The van der Waals surface area contributed by atoms with E-state index in [0.717, 1.165) is 5.56 Å². The Bertz CT molecular complexity index is 589. The van der Waals surface area contributed by atoms with Gasteiger partial charge in [-0.25, -0.2) is 0 Å². The first-order valence-corrected chi connectivity index (χ1v) is 5.42. The number of para-hydroxylation sites is 1. The summed E-state index contributed by atoms with van der Waals surface area (Å²) in [4.78, 5) is 0. The maximum atomic E-state index is 5.36. The van der Waals surface area contributed by atoms with Gasteiger partial charge in [0.05, 0.1) is 19.8 Å². The van der Waals surface area contributed by atoms with E-state index in [0.29, 0.717) is 22.1 Å². The summed E-state index contributed by atoms with van der Waals surface area (Å²) >= 11 is 5.09. The van der Waals surface area contributed by atoms with Crippen LogP contribution in [0.1, 0.15) is 0 Å². The molecular weight excluding hydrogens is 238 g/mol. The average Bonchev–Trinajstić information content (AvgIpc) is 2.69. The molecule has 0 aliphatic heterocycles. The van der Waals surface area contributed by atoms with Gasteiger partial charge in [0, 0.05) is 7.05 Å². The van der Waals surface area contributed by atoms with Crippen molar-refractivity contribution in [2.24, 2.45) is 7.05 Å². The lowest BCUT2D eigenvalue weighted by atomic mass is 10.1. The van der Waals surface area contributed by atoms with Crippen LogP contribution in [0.4, 0.5) is 0 Å². The number of rotatable bonds is 3. The second-order valence-corrected chi connectivity index (χ2v) is 3.84. The van der Waals surface area contributed by atoms with Gasteiger partial charge in [-0.3, -0.25) is 5.10 Å². The van der Waals surface area contributed by atoms with Crippen LogP contribution < -0.4 is 9.47 Å². The monoisotopic (exact) mass is 251 g/mol. The van der Waals surface area contributed by atoms with Crippen LogP contribution in [0.15, 0.2) is 18.2 Å². The Morgan fingerprint density at radius 2 is 2.06 bits per heavy atom. The molecule has 0 amide bonds. The van der Waals surface area contributed by atoms with Gasteiger partial charge in [-0.15, -0.1) is 0 Å². The average molecular weight is 251 g/mol. The number of nitrogens with zero attached hydrogens (tertiary/aromatic N) is 2. The van der Waals surface area contributed by atoms with Crippen LogP contribution >= 0.6 is 12.2 Å². The van der Waals surface area contributed by atoms with Gasteiger partial charge in [0.2, 0.25) is 0 Å². The van der Waals surface area contributed by atoms with E-state index in [1.54, 1.807) is 18.8 Å². The fraction of sp³-hybridized carbons (Fsp3) is 0.273. The summed E-state index contributed by atoms with van der Waals surface area (Å²) < 4.78 is 13.0. The predicted molar refractivity (Wildman–Crippen MR) is 66.9 cm³/mol. The van der Waals surface area contributed by atoms with Crippen LogP contribution in [-0.2, 0) is 7.05 Å². The van der Waals surface area contributed by atoms with Crippen LogP contribution in [0.2, 0.25) is 0 Å². The van der Waals surface area contributed by atoms with Crippen molar-refractivity contribution < 1.29 is 9.47 Å². The smallest absolute Gasteiger partial charge is 0.195 e. The molecule has 0 fully saturated rings. The molecule has 1 aromatic heterocycles. The molecule has 1 heterocycles. The van der Waals surface area contributed by atoms with E-state index < -0.39 is 0 Å². The summed E-state index contributed by atoms with van der Waals surface area (Å²) in [6, 6.07) is 5.63. The Morgan fingerprint density at radius 1 is 1.29 bits per heavy atom. The van der Waals surface area contributed by atoms with Crippen LogP contribution in [0.5, 0.6) is 11.5 Å². The molecule has 0 aliphatic rings. The van der Waals surface area contributed by atoms with Crippen molar-refractivity contribution in [1.82, 2.24) is 14.8 Å². The van der Waals surface area contributed by atoms with Gasteiger partial charge in [0.1, 0.15) is 0 Å². The normalized spacial score (nSPS) is 10.3. The van der Waals surface area contributed by atoms with Gasteiger partial charge in [-0.1, -0.05) is 6.07 Å². The minimum atomic E-state index is 0.560. The molecule has 0 aliphatic carbocycles. The van der Waals surface area contributed by atoms with Crippen molar-refractivity contribution in [2.75, 3.05) is 14.2 Å². The topological polar surface area (TPSA) is 52.1 Å². The van der Waals surface area contributed by atoms with E-state index in [4.69, 9.17) is 21.7 Å². The number of hydrogen-bond acceptors (Lipinski definition) is 4. The number of aromatic amines is 1. The summed E-state index contributed by atoms with van der Waals surface area (Å²) in [5, 5.41) is 6.92. The highest BCUT2D eigenvalue weighted by molar-refractivity contribution is 7.71. The lowest BCUT2D eigenvalue weighted by Gasteiger charge is -2.11. The van der Waals surface area contributed by atoms with Gasteiger partial charge in [0.25, 0.3) is 0 Å². The lowest BCUT2D eigenvalue weighted by molar-refractivity contribution is 0.356. The van der Waals surface area contributed by atoms with Gasteiger partial charge in [-0.2, -0.15) is 5.10 Å². The Labute approximate surface area is 104 Å². The van der Waals surface area contributed by atoms with E-state index in [2.05, 4.69) is 10.2 Å². The maximum Gasteiger partial charge on any atom is 0.195 e. The first kappa shape index (κ1) is 11.7. The quantitative estimate of drug-likeness (QED) is 0.849. The largest absolute Gasteiger partial charge is 0.493 e. The molecular formula is C11H13N3O2S. The van der Waals surface area contributed by atoms with Gasteiger partial charge < -0.3 is 14.0 Å². The van der Waals surface area contributed by atoms with Gasteiger partial charge in [0.15, 0.2) is 22.1 Å². The number of H-pyrrole nitrogens is 1. The third kappa shape index (κ3) is 1.91. The third-order valence-electron chi connectivity index (χ3n) is 2.52. The molecule has 2 rings (SSSR count). The number of aromatic nitrogens is 3. The SMILES string of the molecule is COc1cccc(-c2n[nH]c(=S)n2C)c1OC. The minimum absolute atomic E-state index is 0.560. The number of benzene rings is 1. The molecule has 5 nitrogen and oxygen atoms in total. The fourth-order valence-corrected chi connectivity index (χ4v) is 1.78. The summed E-state index contributed by atoms with van der Waals surface area (Å²) in [5.74, 6) is 2.02. The summed E-state index contributed by atoms with van der Waals surface area (Å²) in [5.41, 5.74) is 0.835. The summed E-state index contributed by atoms with van der Waals surface area (Å²) in [6.45, 7) is 0. The number of hydrogen-bond donors (Lipinski definition) is 1. The maximum absolute atomic E-state index is 5.36. The van der Waals surface area contributed by atoms with Crippen molar-refractivity contribution in [2.45, 2.75) is 0 Å². The van der Waals surface area contributed by atoms with Crippen LogP contribution in [0.3, 0.4) is 0 Å². The lowest BCUT2D eigenvalue weighted by Crippen LogP contribution is -1.97. The second-order valence-electron chi connectivity index (χ2n) is 3.45. The molecule has 0 saturated carbocycles. The van der Waals surface area contributed by atoms with Gasteiger partial charge in [-0.05, 0) is 24.4 Å².